The Morgan fingerprint density at radius 1 is 1.17 bits per heavy atom. The van der Waals surface area contributed by atoms with Gasteiger partial charge in [-0.2, -0.15) is 0 Å². The van der Waals surface area contributed by atoms with Crippen LogP contribution in [0.1, 0.15) is 31.2 Å². The van der Waals surface area contributed by atoms with Crippen LogP contribution in [-0.4, -0.2) is 37.4 Å². The van der Waals surface area contributed by atoms with E-state index in [0.717, 1.165) is 18.4 Å². The molecule has 6 nitrogen and oxygen atoms in total. The van der Waals surface area contributed by atoms with E-state index in [1.165, 1.54) is 6.08 Å². The van der Waals surface area contributed by atoms with E-state index in [0.29, 0.717) is 18.7 Å². The molecule has 0 radical (unpaired) electrons. The van der Waals surface area contributed by atoms with Crippen molar-refractivity contribution in [2.24, 2.45) is 0 Å². The maximum Gasteiger partial charge on any atom is 0.303 e. The topological polar surface area (TPSA) is 84.9 Å². The molecule has 0 unspecified atom stereocenters. The maximum atomic E-state index is 11.6. The van der Waals surface area contributed by atoms with Crippen LogP contribution in [-0.2, 0) is 14.3 Å². The summed E-state index contributed by atoms with van der Waals surface area (Å²) < 4.78 is 10.1. The number of hydrogen-bond donors (Lipinski definition) is 2. The molecule has 1 rings (SSSR count). The minimum Gasteiger partial charge on any atom is -0.481 e. The van der Waals surface area contributed by atoms with Crippen molar-refractivity contribution >= 4 is 18.0 Å². The largest absolute Gasteiger partial charge is 0.481 e. The van der Waals surface area contributed by atoms with E-state index in [4.69, 9.17) is 14.6 Å². The molecule has 0 aliphatic rings. The lowest BCUT2D eigenvalue weighted by atomic mass is 10.2. The number of unbranched alkanes of at least 4 members (excludes halogenated alkanes) is 2. The Kier molecular flexibility index (Phi) is 9.16. The van der Waals surface area contributed by atoms with Crippen LogP contribution in [0.5, 0.6) is 5.75 Å². The normalized spacial score (nSPS) is 10.7. The number of carboxylic acid groups (broad SMARTS) is 1. The third kappa shape index (κ3) is 9.31. The summed E-state index contributed by atoms with van der Waals surface area (Å²) in [6.45, 7) is 0.747. The van der Waals surface area contributed by atoms with E-state index in [1.54, 1.807) is 25.3 Å². The first-order chi connectivity index (χ1) is 11.1. The number of amides is 1. The molecule has 0 fully saturated rings. The lowest BCUT2D eigenvalue weighted by Gasteiger charge is -2.04. The maximum absolute atomic E-state index is 11.6. The average Bonchev–Trinajstić information content (AvgIpc) is 2.55. The quantitative estimate of drug-likeness (QED) is 0.371. The van der Waals surface area contributed by atoms with Crippen molar-refractivity contribution in [2.75, 3.05) is 20.4 Å². The van der Waals surface area contributed by atoms with E-state index in [9.17, 15) is 9.59 Å². The summed E-state index contributed by atoms with van der Waals surface area (Å²) in [5, 5.41) is 11.3. The Hall–Kier alpha value is -2.34. The molecular formula is C17H23NO5. The molecule has 126 valence electrons. The molecule has 0 aliphatic heterocycles. The number of ether oxygens (including phenoxy) is 2. The summed E-state index contributed by atoms with van der Waals surface area (Å²) >= 11 is 0. The number of methoxy groups -OCH3 is 1. The molecule has 0 heterocycles. The molecule has 0 aliphatic carbocycles. The zero-order chi connectivity index (χ0) is 16.9. The van der Waals surface area contributed by atoms with Crippen molar-refractivity contribution in [3.63, 3.8) is 0 Å². The fraction of sp³-hybridized carbons (Fsp3) is 0.412. The minimum absolute atomic E-state index is 0.164. The van der Waals surface area contributed by atoms with Gasteiger partial charge in [0, 0.05) is 26.2 Å². The molecule has 1 aromatic carbocycles. The molecule has 0 spiro atoms. The highest BCUT2D eigenvalue weighted by Crippen LogP contribution is 2.13. The molecule has 1 aromatic rings. The van der Waals surface area contributed by atoms with Crippen molar-refractivity contribution in [2.45, 2.75) is 25.7 Å². The number of aliphatic carboxylic acids is 1. The summed E-state index contributed by atoms with van der Waals surface area (Å²) in [4.78, 5) is 22.0. The van der Waals surface area contributed by atoms with E-state index >= 15 is 0 Å². The Bertz CT molecular complexity index is 510. The monoisotopic (exact) mass is 321 g/mol. The first-order valence-corrected chi connectivity index (χ1v) is 7.51. The Morgan fingerprint density at radius 3 is 2.57 bits per heavy atom. The van der Waals surface area contributed by atoms with Crippen LogP contribution in [0, 0.1) is 0 Å². The van der Waals surface area contributed by atoms with Crippen LogP contribution in [0.15, 0.2) is 30.3 Å². The second-order valence-corrected chi connectivity index (χ2v) is 4.95. The van der Waals surface area contributed by atoms with Gasteiger partial charge in [0.15, 0.2) is 6.79 Å². The zero-order valence-electron chi connectivity index (χ0n) is 13.3. The molecule has 0 aromatic heterocycles. The van der Waals surface area contributed by atoms with Gasteiger partial charge < -0.3 is 19.9 Å². The summed E-state index contributed by atoms with van der Waals surface area (Å²) in [5.41, 5.74) is 0.895. The van der Waals surface area contributed by atoms with E-state index in [1.807, 2.05) is 12.1 Å². The predicted molar refractivity (Wildman–Crippen MR) is 87.1 cm³/mol. The third-order valence-electron chi connectivity index (χ3n) is 3.02. The summed E-state index contributed by atoms with van der Waals surface area (Å²) in [5.74, 6) is -0.242. The smallest absolute Gasteiger partial charge is 0.303 e. The standard InChI is InChI=1S/C17H23NO5/c1-22-13-23-15-9-6-14(7-10-15)8-11-16(19)18-12-4-2-3-5-17(20)21/h6-11H,2-5,12-13H2,1H3,(H,18,19)(H,20,21)/b11-8+. The number of benzene rings is 1. The average molecular weight is 321 g/mol. The van der Waals surface area contributed by atoms with Gasteiger partial charge in [-0.05, 0) is 36.6 Å². The van der Waals surface area contributed by atoms with Gasteiger partial charge >= 0.3 is 5.97 Å². The van der Waals surface area contributed by atoms with Crippen LogP contribution in [0.3, 0.4) is 0 Å². The number of nitrogens with one attached hydrogen (secondary N) is 1. The lowest BCUT2D eigenvalue weighted by Crippen LogP contribution is -2.22. The van der Waals surface area contributed by atoms with Crippen molar-refractivity contribution in [3.8, 4) is 5.75 Å². The molecule has 23 heavy (non-hydrogen) atoms. The van der Waals surface area contributed by atoms with Gasteiger partial charge in [0.05, 0.1) is 0 Å². The lowest BCUT2D eigenvalue weighted by molar-refractivity contribution is -0.137. The number of hydrogen-bond acceptors (Lipinski definition) is 4. The molecule has 2 N–H and O–H groups in total. The molecular weight excluding hydrogens is 298 g/mol. The summed E-state index contributed by atoms with van der Waals surface area (Å²) in [6, 6.07) is 7.31. The minimum atomic E-state index is -0.782. The predicted octanol–water partition coefficient (Wildman–Crippen LogP) is 2.44. The highest BCUT2D eigenvalue weighted by Gasteiger charge is 1.98. The molecule has 6 heteroatoms. The molecule has 1 amide bonds. The molecule has 0 bridgehead atoms. The zero-order valence-corrected chi connectivity index (χ0v) is 13.3. The first kappa shape index (κ1) is 18.7. The SMILES string of the molecule is COCOc1ccc(/C=C/C(=O)NCCCCCC(=O)O)cc1. The van der Waals surface area contributed by atoms with E-state index in [-0.39, 0.29) is 19.1 Å². The van der Waals surface area contributed by atoms with Crippen LogP contribution in [0.2, 0.25) is 0 Å². The molecule has 0 saturated carbocycles. The Labute approximate surface area is 136 Å². The molecule has 0 saturated heterocycles. The number of rotatable bonds is 11. The second kappa shape index (κ2) is 11.3. The van der Waals surface area contributed by atoms with Gasteiger partial charge in [-0.15, -0.1) is 0 Å². The third-order valence-corrected chi connectivity index (χ3v) is 3.02. The van der Waals surface area contributed by atoms with Gasteiger partial charge in [-0.1, -0.05) is 18.6 Å². The summed E-state index contributed by atoms with van der Waals surface area (Å²) in [7, 11) is 1.56. The first-order valence-electron chi connectivity index (χ1n) is 7.51. The van der Waals surface area contributed by atoms with Crippen molar-refractivity contribution in [3.05, 3.63) is 35.9 Å². The molecule has 0 atom stereocenters. The van der Waals surface area contributed by atoms with Crippen LogP contribution in [0.25, 0.3) is 6.08 Å². The van der Waals surface area contributed by atoms with Gasteiger partial charge in [-0.25, -0.2) is 0 Å². The number of carboxylic acids is 1. The fourth-order valence-electron chi connectivity index (χ4n) is 1.82. The van der Waals surface area contributed by atoms with Gasteiger partial charge in [0.1, 0.15) is 5.75 Å². The van der Waals surface area contributed by atoms with Crippen molar-refractivity contribution in [1.29, 1.82) is 0 Å². The van der Waals surface area contributed by atoms with Gasteiger partial charge in [0.2, 0.25) is 5.91 Å². The Morgan fingerprint density at radius 2 is 1.91 bits per heavy atom. The van der Waals surface area contributed by atoms with Crippen molar-refractivity contribution in [1.82, 2.24) is 5.32 Å². The number of carbonyl (C=O) groups is 2. The van der Waals surface area contributed by atoms with Crippen LogP contribution in [0.4, 0.5) is 0 Å². The van der Waals surface area contributed by atoms with E-state index in [2.05, 4.69) is 5.32 Å². The second-order valence-electron chi connectivity index (χ2n) is 4.95. The Balaban J connectivity index is 2.22. The summed E-state index contributed by atoms with van der Waals surface area (Å²) in [6.07, 6.45) is 5.58. The van der Waals surface area contributed by atoms with Gasteiger partial charge in [0.25, 0.3) is 0 Å². The highest BCUT2D eigenvalue weighted by molar-refractivity contribution is 5.91. The van der Waals surface area contributed by atoms with Crippen LogP contribution >= 0.6 is 0 Å². The highest BCUT2D eigenvalue weighted by atomic mass is 16.7. The van der Waals surface area contributed by atoms with E-state index < -0.39 is 5.97 Å². The van der Waals surface area contributed by atoms with Gasteiger partial charge in [-0.3, -0.25) is 9.59 Å². The number of carbonyl (C=O) groups excluding carboxylic acids is 1. The fourth-order valence-corrected chi connectivity index (χ4v) is 1.82. The van der Waals surface area contributed by atoms with Crippen LogP contribution < -0.4 is 10.1 Å². The van der Waals surface area contributed by atoms with Crippen molar-refractivity contribution < 1.29 is 24.2 Å².